The standard InChI is InChI=1S/C21H21N3O2/c22-16-18-8-6-17(7-9-18)10-11-20(25)23-12-14-24(15-13-23)21(26)19-4-2-1-3-5-19/h1-9H,10-15H2. The van der Waals surface area contributed by atoms with E-state index in [-0.39, 0.29) is 11.8 Å². The topological polar surface area (TPSA) is 64.4 Å². The summed E-state index contributed by atoms with van der Waals surface area (Å²) in [5, 5.41) is 8.81. The van der Waals surface area contributed by atoms with E-state index in [0.717, 1.165) is 5.56 Å². The molecule has 0 aliphatic carbocycles. The van der Waals surface area contributed by atoms with Crippen LogP contribution in [0.25, 0.3) is 0 Å². The van der Waals surface area contributed by atoms with Gasteiger partial charge in [-0.3, -0.25) is 9.59 Å². The van der Waals surface area contributed by atoms with E-state index in [4.69, 9.17) is 5.26 Å². The van der Waals surface area contributed by atoms with Gasteiger partial charge in [0.1, 0.15) is 0 Å². The molecule has 1 fully saturated rings. The van der Waals surface area contributed by atoms with Gasteiger partial charge in [0.05, 0.1) is 11.6 Å². The van der Waals surface area contributed by atoms with Crippen LogP contribution in [0.15, 0.2) is 54.6 Å². The molecule has 2 aromatic rings. The van der Waals surface area contributed by atoms with Crippen LogP contribution in [0.2, 0.25) is 0 Å². The molecule has 26 heavy (non-hydrogen) atoms. The zero-order valence-electron chi connectivity index (χ0n) is 14.6. The van der Waals surface area contributed by atoms with Gasteiger partial charge < -0.3 is 9.80 Å². The number of amides is 2. The van der Waals surface area contributed by atoms with E-state index in [0.29, 0.717) is 50.1 Å². The Bertz CT molecular complexity index is 801. The van der Waals surface area contributed by atoms with Crippen molar-refractivity contribution in [1.82, 2.24) is 9.80 Å². The first-order valence-corrected chi connectivity index (χ1v) is 8.78. The average Bonchev–Trinajstić information content (AvgIpc) is 2.72. The van der Waals surface area contributed by atoms with Crippen molar-refractivity contribution in [3.63, 3.8) is 0 Å². The fraction of sp³-hybridized carbons (Fsp3) is 0.286. The maximum Gasteiger partial charge on any atom is 0.253 e. The van der Waals surface area contributed by atoms with Crippen LogP contribution >= 0.6 is 0 Å². The fourth-order valence-electron chi connectivity index (χ4n) is 3.08. The number of benzene rings is 2. The molecule has 1 aliphatic heterocycles. The van der Waals surface area contributed by atoms with Crippen LogP contribution in [0.4, 0.5) is 0 Å². The Hall–Kier alpha value is -3.13. The molecule has 0 N–H and O–H groups in total. The van der Waals surface area contributed by atoms with Gasteiger partial charge in [0.15, 0.2) is 0 Å². The van der Waals surface area contributed by atoms with Crippen LogP contribution < -0.4 is 0 Å². The van der Waals surface area contributed by atoms with Crippen LogP contribution in [0, 0.1) is 11.3 Å². The van der Waals surface area contributed by atoms with Gasteiger partial charge in [0.25, 0.3) is 5.91 Å². The lowest BCUT2D eigenvalue weighted by Crippen LogP contribution is -2.50. The first-order valence-electron chi connectivity index (χ1n) is 8.78. The monoisotopic (exact) mass is 347 g/mol. The summed E-state index contributed by atoms with van der Waals surface area (Å²) in [6.45, 7) is 2.28. The molecule has 0 spiro atoms. The smallest absolute Gasteiger partial charge is 0.253 e. The van der Waals surface area contributed by atoms with E-state index in [1.807, 2.05) is 47.4 Å². The minimum absolute atomic E-state index is 0.0234. The van der Waals surface area contributed by atoms with Crippen LogP contribution in [0.1, 0.15) is 27.9 Å². The lowest BCUT2D eigenvalue weighted by molar-refractivity contribution is -0.132. The third-order valence-electron chi connectivity index (χ3n) is 4.65. The van der Waals surface area contributed by atoms with Gasteiger partial charge in [0, 0.05) is 38.2 Å². The summed E-state index contributed by atoms with van der Waals surface area (Å²) in [6.07, 6.45) is 1.10. The molecule has 1 saturated heterocycles. The maximum atomic E-state index is 12.4. The second-order valence-corrected chi connectivity index (χ2v) is 6.35. The van der Waals surface area contributed by atoms with Crippen molar-refractivity contribution in [2.75, 3.05) is 26.2 Å². The number of carbonyl (C=O) groups is 2. The lowest BCUT2D eigenvalue weighted by atomic mass is 10.1. The Labute approximate surface area is 153 Å². The highest BCUT2D eigenvalue weighted by molar-refractivity contribution is 5.94. The van der Waals surface area contributed by atoms with Gasteiger partial charge >= 0.3 is 0 Å². The third kappa shape index (κ3) is 4.28. The molecule has 0 bridgehead atoms. The normalized spacial score (nSPS) is 14.0. The quantitative estimate of drug-likeness (QED) is 0.853. The first-order chi connectivity index (χ1) is 12.7. The number of nitrogens with zero attached hydrogens (tertiary/aromatic N) is 3. The molecular weight excluding hydrogens is 326 g/mol. The van der Waals surface area contributed by atoms with Gasteiger partial charge in [-0.2, -0.15) is 5.26 Å². The summed E-state index contributed by atoms with van der Waals surface area (Å²) >= 11 is 0. The van der Waals surface area contributed by atoms with Crippen molar-refractivity contribution in [2.45, 2.75) is 12.8 Å². The summed E-state index contributed by atoms with van der Waals surface area (Å²) in [5.41, 5.74) is 2.36. The van der Waals surface area contributed by atoms with Crippen LogP contribution in [0.3, 0.4) is 0 Å². The average molecular weight is 347 g/mol. The largest absolute Gasteiger partial charge is 0.339 e. The van der Waals surface area contributed by atoms with Crippen LogP contribution in [-0.2, 0) is 11.2 Å². The minimum Gasteiger partial charge on any atom is -0.339 e. The Morgan fingerprint density at radius 1 is 0.885 bits per heavy atom. The molecule has 3 rings (SSSR count). The Morgan fingerprint density at radius 2 is 1.50 bits per heavy atom. The van der Waals surface area contributed by atoms with Crippen molar-refractivity contribution < 1.29 is 9.59 Å². The lowest BCUT2D eigenvalue weighted by Gasteiger charge is -2.35. The highest BCUT2D eigenvalue weighted by Crippen LogP contribution is 2.11. The molecule has 0 saturated carbocycles. The van der Waals surface area contributed by atoms with E-state index in [2.05, 4.69) is 6.07 Å². The second kappa shape index (κ2) is 8.30. The second-order valence-electron chi connectivity index (χ2n) is 6.35. The van der Waals surface area contributed by atoms with Crippen molar-refractivity contribution in [3.05, 3.63) is 71.3 Å². The highest BCUT2D eigenvalue weighted by atomic mass is 16.2. The Morgan fingerprint density at radius 3 is 2.12 bits per heavy atom. The van der Waals surface area contributed by atoms with Gasteiger partial charge in [-0.1, -0.05) is 30.3 Å². The van der Waals surface area contributed by atoms with Gasteiger partial charge in [-0.25, -0.2) is 0 Å². The Kier molecular flexibility index (Phi) is 5.65. The molecular formula is C21H21N3O2. The number of nitriles is 1. The number of carbonyl (C=O) groups excluding carboxylic acids is 2. The molecule has 132 valence electrons. The van der Waals surface area contributed by atoms with Gasteiger partial charge in [0.2, 0.25) is 5.91 Å². The van der Waals surface area contributed by atoms with Crippen molar-refractivity contribution in [3.8, 4) is 6.07 Å². The summed E-state index contributed by atoms with van der Waals surface area (Å²) in [6, 6.07) is 18.7. The summed E-state index contributed by atoms with van der Waals surface area (Å²) < 4.78 is 0. The van der Waals surface area contributed by atoms with Crippen molar-refractivity contribution in [1.29, 1.82) is 5.26 Å². The molecule has 5 nitrogen and oxygen atoms in total. The van der Waals surface area contributed by atoms with Crippen molar-refractivity contribution >= 4 is 11.8 Å². The van der Waals surface area contributed by atoms with E-state index in [9.17, 15) is 9.59 Å². The number of piperazine rings is 1. The number of rotatable bonds is 4. The predicted octanol–water partition coefficient (Wildman–Crippen LogP) is 2.48. The van der Waals surface area contributed by atoms with E-state index in [1.54, 1.807) is 17.0 Å². The summed E-state index contributed by atoms with van der Waals surface area (Å²) in [4.78, 5) is 28.5. The van der Waals surface area contributed by atoms with Gasteiger partial charge in [-0.15, -0.1) is 0 Å². The molecule has 0 unspecified atom stereocenters. The summed E-state index contributed by atoms with van der Waals surface area (Å²) in [5.74, 6) is 0.136. The molecule has 5 heteroatoms. The number of aryl methyl sites for hydroxylation is 1. The van der Waals surface area contributed by atoms with Gasteiger partial charge in [-0.05, 0) is 36.2 Å². The molecule has 2 amide bonds. The molecule has 2 aromatic carbocycles. The van der Waals surface area contributed by atoms with Crippen LogP contribution in [0.5, 0.6) is 0 Å². The molecule has 1 aliphatic rings. The zero-order chi connectivity index (χ0) is 18.4. The third-order valence-corrected chi connectivity index (χ3v) is 4.65. The highest BCUT2D eigenvalue weighted by Gasteiger charge is 2.24. The van der Waals surface area contributed by atoms with Crippen molar-refractivity contribution in [2.24, 2.45) is 0 Å². The minimum atomic E-state index is 0.0234. The van der Waals surface area contributed by atoms with E-state index >= 15 is 0 Å². The SMILES string of the molecule is N#Cc1ccc(CCC(=O)N2CCN(C(=O)c3ccccc3)CC2)cc1. The number of hydrogen-bond acceptors (Lipinski definition) is 3. The predicted molar refractivity (Wildman–Crippen MR) is 98.4 cm³/mol. The van der Waals surface area contributed by atoms with E-state index < -0.39 is 0 Å². The number of hydrogen-bond donors (Lipinski definition) is 0. The van der Waals surface area contributed by atoms with E-state index in [1.165, 1.54) is 0 Å². The fourth-order valence-corrected chi connectivity index (χ4v) is 3.08. The molecule has 0 atom stereocenters. The first kappa shape index (κ1) is 17.7. The summed E-state index contributed by atoms with van der Waals surface area (Å²) in [7, 11) is 0. The zero-order valence-corrected chi connectivity index (χ0v) is 14.6. The Balaban J connectivity index is 1.47. The maximum absolute atomic E-state index is 12.4. The molecule has 0 radical (unpaired) electrons. The van der Waals surface area contributed by atoms with Crippen LogP contribution in [-0.4, -0.2) is 47.8 Å². The molecule has 0 aromatic heterocycles. The molecule has 1 heterocycles.